The first kappa shape index (κ1) is 16.4. The number of esters is 1. The van der Waals surface area contributed by atoms with Crippen molar-refractivity contribution < 1.29 is 17.9 Å². The second-order valence-corrected chi connectivity index (χ2v) is 6.98. The monoisotopic (exact) mass is 292 g/mol. The summed E-state index contributed by atoms with van der Waals surface area (Å²) in [5.74, 6) is -0.717. The fourth-order valence-corrected chi connectivity index (χ4v) is 4.01. The summed E-state index contributed by atoms with van der Waals surface area (Å²) in [5, 5.41) is 0. The van der Waals surface area contributed by atoms with Crippen molar-refractivity contribution in [1.29, 1.82) is 0 Å². The number of hydrogen-bond acceptors (Lipinski definition) is 4. The Morgan fingerprint density at radius 1 is 1.37 bits per heavy atom. The van der Waals surface area contributed by atoms with E-state index in [-0.39, 0.29) is 12.0 Å². The van der Waals surface area contributed by atoms with Crippen LogP contribution >= 0.6 is 0 Å². The number of carbonyl (C=O) groups is 1. The second-order valence-electron chi connectivity index (χ2n) is 5.32. The lowest BCUT2D eigenvalue weighted by molar-refractivity contribution is -0.143. The minimum absolute atomic E-state index is 0.0308. The highest BCUT2D eigenvalue weighted by Crippen LogP contribution is 2.20. The van der Waals surface area contributed by atoms with Crippen molar-refractivity contribution in [3.8, 4) is 0 Å². The normalized spacial score (nSPS) is 23.3. The number of hydrogen-bond donors (Lipinski definition) is 1. The van der Waals surface area contributed by atoms with Crippen molar-refractivity contribution in [3.63, 3.8) is 0 Å². The zero-order valence-electron chi connectivity index (χ0n) is 12.0. The van der Waals surface area contributed by atoms with Crippen LogP contribution < -0.4 is 4.72 Å². The quantitative estimate of drug-likeness (QED) is 0.764. The van der Waals surface area contributed by atoms with Crippen molar-refractivity contribution in [2.75, 3.05) is 13.7 Å². The van der Waals surface area contributed by atoms with Gasteiger partial charge in [-0.3, -0.25) is 4.79 Å². The average Bonchev–Trinajstić information content (AvgIpc) is 2.35. The van der Waals surface area contributed by atoms with E-state index in [4.69, 9.17) is 0 Å². The molecule has 0 amide bonds. The predicted octanol–water partition coefficient (Wildman–Crippen LogP) is 0.893. The third-order valence-corrected chi connectivity index (χ3v) is 5.16. The van der Waals surface area contributed by atoms with Crippen LogP contribution in [0.1, 0.15) is 40.0 Å². The van der Waals surface area contributed by atoms with E-state index in [0.29, 0.717) is 6.54 Å². The molecule has 0 saturated carbocycles. The van der Waals surface area contributed by atoms with E-state index < -0.39 is 22.2 Å². The number of rotatable bonds is 5. The van der Waals surface area contributed by atoms with E-state index in [2.05, 4.69) is 9.46 Å². The van der Waals surface area contributed by atoms with Crippen molar-refractivity contribution in [2.45, 2.75) is 52.1 Å². The molecule has 19 heavy (non-hydrogen) atoms. The molecule has 0 aromatic heterocycles. The van der Waals surface area contributed by atoms with Crippen molar-refractivity contribution in [3.05, 3.63) is 0 Å². The molecule has 0 bridgehead atoms. The van der Waals surface area contributed by atoms with Crippen LogP contribution in [-0.2, 0) is 19.7 Å². The zero-order chi connectivity index (χ0) is 14.6. The molecule has 0 aliphatic carbocycles. The molecule has 2 unspecified atom stereocenters. The third kappa shape index (κ3) is 4.15. The molecule has 1 heterocycles. The lowest BCUT2D eigenvalue weighted by Gasteiger charge is -2.33. The van der Waals surface area contributed by atoms with Crippen LogP contribution in [0, 0.1) is 5.92 Å². The average molecular weight is 292 g/mol. The smallest absolute Gasteiger partial charge is 0.324 e. The SMILES string of the molecule is COC(=O)C(NS(=O)(=O)N1CCCCC1C)C(C)C. The van der Waals surface area contributed by atoms with E-state index in [1.165, 1.54) is 11.4 Å². The maximum Gasteiger partial charge on any atom is 0.324 e. The first-order chi connectivity index (χ1) is 8.79. The van der Waals surface area contributed by atoms with Gasteiger partial charge in [0.2, 0.25) is 0 Å². The van der Waals surface area contributed by atoms with Crippen molar-refractivity contribution in [1.82, 2.24) is 9.03 Å². The van der Waals surface area contributed by atoms with Gasteiger partial charge in [0.05, 0.1) is 7.11 Å². The minimum atomic E-state index is -3.65. The van der Waals surface area contributed by atoms with Gasteiger partial charge < -0.3 is 4.74 Å². The Morgan fingerprint density at radius 2 is 2.00 bits per heavy atom. The third-order valence-electron chi connectivity index (χ3n) is 3.45. The van der Waals surface area contributed by atoms with E-state index in [0.717, 1.165) is 19.3 Å². The Morgan fingerprint density at radius 3 is 2.47 bits per heavy atom. The number of methoxy groups -OCH3 is 1. The van der Waals surface area contributed by atoms with Gasteiger partial charge in [-0.2, -0.15) is 17.4 Å². The summed E-state index contributed by atoms with van der Waals surface area (Å²) in [5.41, 5.74) is 0. The highest BCUT2D eigenvalue weighted by atomic mass is 32.2. The highest BCUT2D eigenvalue weighted by molar-refractivity contribution is 7.87. The molecular formula is C12H24N2O4S. The summed E-state index contributed by atoms with van der Waals surface area (Å²) in [6, 6.07) is -0.874. The van der Waals surface area contributed by atoms with Gasteiger partial charge in [-0.1, -0.05) is 20.3 Å². The van der Waals surface area contributed by atoms with Crippen LogP contribution in [-0.4, -0.2) is 44.4 Å². The molecule has 112 valence electrons. The summed E-state index contributed by atoms with van der Waals surface area (Å²) in [6.07, 6.45) is 2.75. The van der Waals surface area contributed by atoms with Crippen molar-refractivity contribution >= 4 is 16.2 Å². The Hall–Kier alpha value is -0.660. The molecule has 0 spiro atoms. The molecule has 1 N–H and O–H groups in total. The summed E-state index contributed by atoms with van der Waals surface area (Å²) in [4.78, 5) is 11.6. The summed E-state index contributed by atoms with van der Waals surface area (Å²) in [6.45, 7) is 5.96. The molecule has 6 nitrogen and oxygen atoms in total. The Kier molecular flexibility index (Phi) is 5.76. The van der Waals surface area contributed by atoms with Gasteiger partial charge in [0.15, 0.2) is 0 Å². The summed E-state index contributed by atoms with van der Waals surface area (Å²) in [7, 11) is -2.39. The highest BCUT2D eigenvalue weighted by Gasteiger charge is 2.34. The molecular weight excluding hydrogens is 268 g/mol. The van der Waals surface area contributed by atoms with E-state index in [9.17, 15) is 13.2 Å². The number of nitrogens with one attached hydrogen (secondary N) is 1. The van der Waals surface area contributed by atoms with E-state index >= 15 is 0 Å². The molecule has 1 fully saturated rings. The van der Waals surface area contributed by atoms with E-state index in [1.807, 2.05) is 6.92 Å². The second kappa shape index (κ2) is 6.67. The molecule has 1 aliphatic rings. The first-order valence-electron chi connectivity index (χ1n) is 6.66. The first-order valence-corrected chi connectivity index (χ1v) is 8.10. The standard InChI is InChI=1S/C12H24N2O4S/c1-9(2)11(12(15)18-4)13-19(16,17)14-8-6-5-7-10(14)3/h9-11,13H,5-8H2,1-4H3. The Labute approximate surface area is 115 Å². The van der Waals surface area contributed by atoms with Crippen LogP contribution in [0.15, 0.2) is 0 Å². The van der Waals surface area contributed by atoms with Gasteiger partial charge in [0.25, 0.3) is 10.2 Å². The largest absolute Gasteiger partial charge is 0.468 e. The van der Waals surface area contributed by atoms with Crippen LogP contribution in [0.5, 0.6) is 0 Å². The van der Waals surface area contributed by atoms with Crippen LogP contribution in [0.4, 0.5) is 0 Å². The molecule has 2 atom stereocenters. The topological polar surface area (TPSA) is 75.7 Å². The Bertz CT molecular complexity index is 408. The molecule has 0 aromatic rings. The molecule has 1 saturated heterocycles. The lowest BCUT2D eigenvalue weighted by Crippen LogP contribution is -2.54. The van der Waals surface area contributed by atoms with Crippen LogP contribution in [0.25, 0.3) is 0 Å². The Balaban J connectivity index is 2.84. The fraction of sp³-hybridized carbons (Fsp3) is 0.917. The van der Waals surface area contributed by atoms with Crippen LogP contribution in [0.3, 0.4) is 0 Å². The molecule has 0 radical (unpaired) electrons. The van der Waals surface area contributed by atoms with Crippen LogP contribution in [0.2, 0.25) is 0 Å². The van der Waals surface area contributed by atoms with Crippen molar-refractivity contribution in [2.24, 2.45) is 5.92 Å². The lowest BCUT2D eigenvalue weighted by atomic mass is 10.1. The minimum Gasteiger partial charge on any atom is -0.468 e. The maximum atomic E-state index is 12.3. The molecule has 7 heteroatoms. The number of carbonyl (C=O) groups excluding carboxylic acids is 1. The van der Waals surface area contributed by atoms with Gasteiger partial charge in [0, 0.05) is 12.6 Å². The molecule has 1 rings (SSSR count). The zero-order valence-corrected chi connectivity index (χ0v) is 12.9. The fourth-order valence-electron chi connectivity index (χ4n) is 2.24. The van der Waals surface area contributed by atoms with E-state index in [1.54, 1.807) is 13.8 Å². The molecule has 0 aromatic carbocycles. The van der Waals surface area contributed by atoms with Gasteiger partial charge in [-0.05, 0) is 25.7 Å². The predicted molar refractivity (Wildman–Crippen MR) is 72.7 cm³/mol. The van der Waals surface area contributed by atoms with Gasteiger partial charge in [0.1, 0.15) is 6.04 Å². The van der Waals surface area contributed by atoms with Gasteiger partial charge in [-0.15, -0.1) is 0 Å². The summed E-state index contributed by atoms with van der Waals surface area (Å²) >= 11 is 0. The number of nitrogens with zero attached hydrogens (tertiary/aromatic N) is 1. The maximum absolute atomic E-state index is 12.3. The number of ether oxygens (including phenoxy) is 1. The van der Waals surface area contributed by atoms with Gasteiger partial charge in [-0.25, -0.2) is 0 Å². The summed E-state index contributed by atoms with van der Waals surface area (Å²) < 4.78 is 33.2. The molecule has 1 aliphatic heterocycles. The number of piperidine rings is 1. The van der Waals surface area contributed by atoms with Gasteiger partial charge >= 0.3 is 5.97 Å².